The fourth-order valence-electron chi connectivity index (χ4n) is 2.71. The Labute approximate surface area is 153 Å². The molecule has 1 aliphatic heterocycles. The summed E-state index contributed by atoms with van der Waals surface area (Å²) in [4.78, 5) is 34.3. The molecule has 0 aromatic heterocycles. The average Bonchev–Trinajstić information content (AvgIpc) is 2.61. The van der Waals surface area contributed by atoms with Crippen LogP contribution in [0.15, 0.2) is 24.3 Å². The summed E-state index contributed by atoms with van der Waals surface area (Å²) in [6.45, 7) is 1.28. The van der Waals surface area contributed by atoms with Crippen LogP contribution in [0.5, 0.6) is 0 Å². The molecule has 1 atom stereocenters. The van der Waals surface area contributed by atoms with Gasteiger partial charge in [-0.25, -0.2) is 9.59 Å². The number of aliphatic carboxylic acids is 1. The maximum Gasteiger partial charge on any atom is 0.490 e. The molecule has 0 spiro atoms. The van der Waals surface area contributed by atoms with Gasteiger partial charge >= 0.3 is 18.1 Å². The van der Waals surface area contributed by atoms with Crippen LogP contribution in [0.2, 0.25) is 0 Å². The number of aromatic carboxylic acids is 1. The summed E-state index contributed by atoms with van der Waals surface area (Å²) in [6.07, 6.45) is -1.21. The van der Waals surface area contributed by atoms with Crippen molar-refractivity contribution in [3.05, 3.63) is 35.4 Å². The summed E-state index contributed by atoms with van der Waals surface area (Å²) < 4.78 is 31.7. The number of amides is 1. The topological polar surface area (TPSA) is 121 Å². The molecule has 2 rings (SSSR count). The molecule has 1 aliphatic rings. The Kier molecular flexibility index (Phi) is 8.23. The van der Waals surface area contributed by atoms with Crippen molar-refractivity contribution in [2.24, 2.45) is 5.73 Å². The number of benzene rings is 1. The van der Waals surface area contributed by atoms with E-state index in [1.54, 1.807) is 12.1 Å². The van der Waals surface area contributed by atoms with E-state index in [1.165, 1.54) is 12.1 Å². The molecular formula is C17H21F3N2O5. The van der Waals surface area contributed by atoms with E-state index in [9.17, 15) is 22.8 Å². The number of halogens is 3. The van der Waals surface area contributed by atoms with Crippen LogP contribution in [-0.2, 0) is 4.79 Å². The van der Waals surface area contributed by atoms with Gasteiger partial charge in [-0.05, 0) is 50.4 Å². The van der Waals surface area contributed by atoms with Gasteiger partial charge in [0.25, 0.3) is 5.91 Å². The molecule has 1 aromatic carbocycles. The molecule has 10 heteroatoms. The molecule has 1 aromatic rings. The minimum atomic E-state index is -5.08. The molecule has 1 saturated heterocycles. The lowest BCUT2D eigenvalue weighted by atomic mass is 9.98. The van der Waals surface area contributed by atoms with Crippen molar-refractivity contribution in [1.82, 2.24) is 4.90 Å². The Morgan fingerprint density at radius 1 is 1.15 bits per heavy atom. The summed E-state index contributed by atoms with van der Waals surface area (Å²) in [5, 5.41) is 16.1. The summed E-state index contributed by atoms with van der Waals surface area (Å²) >= 11 is 0. The maximum atomic E-state index is 12.6. The average molecular weight is 390 g/mol. The smallest absolute Gasteiger partial charge is 0.478 e. The summed E-state index contributed by atoms with van der Waals surface area (Å²) in [7, 11) is 0. The first-order valence-corrected chi connectivity index (χ1v) is 8.22. The molecular weight excluding hydrogens is 369 g/mol. The molecule has 27 heavy (non-hydrogen) atoms. The molecule has 0 bridgehead atoms. The van der Waals surface area contributed by atoms with Gasteiger partial charge in [0.2, 0.25) is 0 Å². The first kappa shape index (κ1) is 22.4. The minimum Gasteiger partial charge on any atom is -0.478 e. The Bertz CT molecular complexity index is 677. The van der Waals surface area contributed by atoms with Crippen LogP contribution in [0, 0.1) is 0 Å². The first-order chi connectivity index (χ1) is 12.6. The van der Waals surface area contributed by atoms with Crippen LogP contribution in [0.25, 0.3) is 0 Å². The van der Waals surface area contributed by atoms with Crippen molar-refractivity contribution in [3.63, 3.8) is 0 Å². The third-order valence-corrected chi connectivity index (χ3v) is 3.99. The standard InChI is InChI=1S/C15H20N2O3.C2HF3O2/c16-8-7-13-6-1-2-9-17(13)14(18)11-4-3-5-12(10-11)15(19)20;3-2(4,5)1(6)7/h3-5,10,13H,1-2,6-9,16H2,(H,19,20);(H,6,7). The lowest BCUT2D eigenvalue weighted by Crippen LogP contribution is -2.44. The number of carbonyl (C=O) groups excluding carboxylic acids is 1. The summed E-state index contributed by atoms with van der Waals surface area (Å²) in [5.74, 6) is -3.87. The van der Waals surface area contributed by atoms with Gasteiger partial charge in [-0.2, -0.15) is 13.2 Å². The number of rotatable bonds is 4. The molecule has 1 unspecified atom stereocenters. The predicted molar refractivity (Wildman–Crippen MR) is 89.4 cm³/mol. The Morgan fingerprint density at radius 2 is 1.74 bits per heavy atom. The van der Waals surface area contributed by atoms with Crippen LogP contribution in [-0.4, -0.2) is 58.3 Å². The zero-order valence-corrected chi connectivity index (χ0v) is 14.4. The second-order valence-electron chi connectivity index (χ2n) is 5.91. The van der Waals surface area contributed by atoms with E-state index in [-0.39, 0.29) is 17.5 Å². The molecule has 1 heterocycles. The zero-order valence-electron chi connectivity index (χ0n) is 14.4. The van der Waals surface area contributed by atoms with Gasteiger partial charge in [0.05, 0.1) is 5.56 Å². The van der Waals surface area contributed by atoms with Crippen LogP contribution < -0.4 is 5.73 Å². The Balaban J connectivity index is 0.000000445. The van der Waals surface area contributed by atoms with Crippen LogP contribution >= 0.6 is 0 Å². The minimum absolute atomic E-state index is 0.0914. The van der Waals surface area contributed by atoms with Gasteiger partial charge < -0.3 is 20.8 Å². The SMILES string of the molecule is NCCC1CCCCN1C(=O)c1cccc(C(=O)O)c1.O=C(O)C(F)(F)F. The van der Waals surface area contributed by atoms with E-state index in [4.69, 9.17) is 20.7 Å². The first-order valence-electron chi connectivity index (χ1n) is 8.22. The van der Waals surface area contributed by atoms with Crippen LogP contribution in [0.3, 0.4) is 0 Å². The Morgan fingerprint density at radius 3 is 2.26 bits per heavy atom. The third kappa shape index (κ3) is 6.89. The second kappa shape index (κ2) is 9.91. The number of nitrogens with two attached hydrogens (primary N) is 1. The van der Waals surface area contributed by atoms with E-state index in [0.29, 0.717) is 12.1 Å². The molecule has 1 amide bonds. The number of likely N-dealkylation sites (tertiary alicyclic amines) is 1. The number of hydrogen-bond acceptors (Lipinski definition) is 4. The van der Waals surface area contributed by atoms with Gasteiger partial charge in [-0.1, -0.05) is 6.07 Å². The summed E-state index contributed by atoms with van der Waals surface area (Å²) in [6, 6.07) is 6.39. The highest BCUT2D eigenvalue weighted by atomic mass is 19.4. The molecule has 1 fully saturated rings. The third-order valence-electron chi connectivity index (χ3n) is 3.99. The quantitative estimate of drug-likeness (QED) is 0.726. The van der Waals surface area contributed by atoms with E-state index in [1.807, 2.05) is 4.90 Å². The van der Waals surface area contributed by atoms with E-state index >= 15 is 0 Å². The van der Waals surface area contributed by atoms with Crippen molar-refractivity contribution >= 4 is 17.8 Å². The normalized spacial score (nSPS) is 16.9. The van der Waals surface area contributed by atoms with Crippen molar-refractivity contribution in [1.29, 1.82) is 0 Å². The number of alkyl halides is 3. The highest BCUT2D eigenvalue weighted by molar-refractivity contribution is 5.97. The molecule has 7 nitrogen and oxygen atoms in total. The van der Waals surface area contributed by atoms with Gasteiger partial charge in [0.1, 0.15) is 0 Å². The number of carboxylic acids is 2. The van der Waals surface area contributed by atoms with Crippen molar-refractivity contribution in [2.75, 3.05) is 13.1 Å². The highest BCUT2D eigenvalue weighted by Gasteiger charge is 2.38. The highest BCUT2D eigenvalue weighted by Crippen LogP contribution is 2.22. The molecule has 0 aliphatic carbocycles. The summed E-state index contributed by atoms with van der Waals surface area (Å²) in [5.41, 5.74) is 6.19. The van der Waals surface area contributed by atoms with Crippen LogP contribution in [0.4, 0.5) is 13.2 Å². The zero-order chi connectivity index (χ0) is 20.6. The number of carboxylic acid groups (broad SMARTS) is 2. The molecule has 4 N–H and O–H groups in total. The van der Waals surface area contributed by atoms with Gasteiger partial charge in [0.15, 0.2) is 0 Å². The lowest BCUT2D eigenvalue weighted by molar-refractivity contribution is -0.192. The Hall–Kier alpha value is -2.62. The maximum absolute atomic E-state index is 12.6. The van der Waals surface area contributed by atoms with Crippen molar-refractivity contribution in [3.8, 4) is 0 Å². The lowest BCUT2D eigenvalue weighted by Gasteiger charge is -2.35. The van der Waals surface area contributed by atoms with Gasteiger partial charge in [-0.15, -0.1) is 0 Å². The number of piperidine rings is 1. The van der Waals surface area contributed by atoms with E-state index in [2.05, 4.69) is 0 Å². The van der Waals surface area contributed by atoms with Crippen LogP contribution in [0.1, 0.15) is 46.4 Å². The van der Waals surface area contributed by atoms with Gasteiger partial charge in [-0.3, -0.25) is 4.79 Å². The predicted octanol–water partition coefficient (Wildman–Crippen LogP) is 2.36. The largest absolute Gasteiger partial charge is 0.490 e. The molecule has 0 radical (unpaired) electrons. The van der Waals surface area contributed by atoms with E-state index < -0.39 is 18.1 Å². The fourth-order valence-corrected chi connectivity index (χ4v) is 2.71. The monoisotopic (exact) mass is 390 g/mol. The van der Waals surface area contributed by atoms with Gasteiger partial charge in [0, 0.05) is 18.2 Å². The number of hydrogen-bond donors (Lipinski definition) is 3. The molecule has 0 saturated carbocycles. The number of nitrogens with zero attached hydrogens (tertiary/aromatic N) is 1. The fraction of sp³-hybridized carbons (Fsp3) is 0.471. The second-order valence-corrected chi connectivity index (χ2v) is 5.91. The molecule has 150 valence electrons. The van der Waals surface area contributed by atoms with Crippen molar-refractivity contribution < 1.29 is 37.8 Å². The van der Waals surface area contributed by atoms with Crippen molar-refractivity contribution in [2.45, 2.75) is 37.9 Å². The van der Waals surface area contributed by atoms with E-state index in [0.717, 1.165) is 32.2 Å². The number of carbonyl (C=O) groups is 3.